The predicted molar refractivity (Wildman–Crippen MR) is 64.4 cm³/mol. The molecular weight excluding hydrogens is 202 g/mol. The maximum Gasteiger partial charge on any atom is 0.317 e. The molecule has 2 fully saturated rings. The minimum absolute atomic E-state index is 0.107. The van der Waals surface area contributed by atoms with Crippen LogP contribution in [0.5, 0.6) is 0 Å². The molecule has 2 saturated heterocycles. The van der Waals surface area contributed by atoms with Crippen molar-refractivity contribution in [2.45, 2.75) is 39.2 Å². The van der Waals surface area contributed by atoms with E-state index in [9.17, 15) is 4.79 Å². The van der Waals surface area contributed by atoms with Gasteiger partial charge in [0.15, 0.2) is 0 Å². The molecule has 0 atom stereocenters. The first kappa shape index (κ1) is 11.7. The number of urea groups is 1. The Balaban J connectivity index is 1.82. The summed E-state index contributed by atoms with van der Waals surface area (Å²) < 4.78 is 0. The van der Waals surface area contributed by atoms with Crippen LogP contribution in [0.25, 0.3) is 0 Å². The first-order valence-electron chi connectivity index (χ1n) is 6.37. The van der Waals surface area contributed by atoms with E-state index in [1.54, 1.807) is 0 Å². The van der Waals surface area contributed by atoms with Crippen LogP contribution < -0.4 is 10.6 Å². The number of hydrogen-bond acceptors (Lipinski definition) is 2. The van der Waals surface area contributed by atoms with Crippen LogP contribution in [-0.4, -0.2) is 43.2 Å². The highest BCUT2D eigenvalue weighted by Crippen LogP contribution is 2.36. The molecule has 2 aliphatic rings. The van der Waals surface area contributed by atoms with E-state index in [4.69, 9.17) is 0 Å². The van der Waals surface area contributed by atoms with Crippen LogP contribution in [0.15, 0.2) is 0 Å². The topological polar surface area (TPSA) is 44.4 Å². The fraction of sp³-hybridized carbons (Fsp3) is 0.917. The van der Waals surface area contributed by atoms with Gasteiger partial charge in [0.05, 0.1) is 0 Å². The molecule has 0 unspecified atom stereocenters. The highest BCUT2D eigenvalue weighted by atomic mass is 16.2. The number of amides is 2. The van der Waals surface area contributed by atoms with Crippen LogP contribution in [0.1, 0.15) is 33.1 Å². The Kier molecular flexibility index (Phi) is 3.38. The number of rotatable bonds is 1. The van der Waals surface area contributed by atoms with Gasteiger partial charge in [-0.2, -0.15) is 0 Å². The molecular formula is C12H23N3O. The van der Waals surface area contributed by atoms with Gasteiger partial charge in [0.1, 0.15) is 0 Å². The highest BCUT2D eigenvalue weighted by molar-refractivity contribution is 5.74. The number of carbonyl (C=O) groups excluding carboxylic acids is 1. The van der Waals surface area contributed by atoms with Crippen molar-refractivity contribution in [2.75, 3.05) is 26.2 Å². The van der Waals surface area contributed by atoms with Gasteiger partial charge >= 0.3 is 6.03 Å². The van der Waals surface area contributed by atoms with Gasteiger partial charge in [-0.15, -0.1) is 0 Å². The second-order valence-corrected chi connectivity index (χ2v) is 5.52. The molecule has 16 heavy (non-hydrogen) atoms. The van der Waals surface area contributed by atoms with Gasteiger partial charge in [-0.1, -0.05) is 0 Å². The second-order valence-electron chi connectivity index (χ2n) is 5.52. The summed E-state index contributed by atoms with van der Waals surface area (Å²) >= 11 is 0. The van der Waals surface area contributed by atoms with Crippen molar-refractivity contribution in [1.29, 1.82) is 0 Å². The zero-order valence-electron chi connectivity index (χ0n) is 10.4. The molecule has 0 aromatic heterocycles. The molecule has 2 aliphatic heterocycles. The third-order valence-corrected chi connectivity index (χ3v) is 3.86. The molecule has 0 aromatic rings. The highest BCUT2D eigenvalue weighted by Gasteiger charge is 2.37. The summed E-state index contributed by atoms with van der Waals surface area (Å²) in [7, 11) is 0. The average molecular weight is 225 g/mol. The second kappa shape index (κ2) is 4.62. The number of likely N-dealkylation sites (tertiary alicyclic amines) is 1. The van der Waals surface area contributed by atoms with Gasteiger partial charge in [0, 0.05) is 25.7 Å². The largest absolute Gasteiger partial charge is 0.336 e. The van der Waals surface area contributed by atoms with Crippen molar-refractivity contribution in [2.24, 2.45) is 5.41 Å². The monoisotopic (exact) mass is 225 g/mol. The van der Waals surface area contributed by atoms with E-state index >= 15 is 0 Å². The summed E-state index contributed by atoms with van der Waals surface area (Å²) in [6, 6.07) is 0.340. The van der Waals surface area contributed by atoms with Crippen molar-refractivity contribution < 1.29 is 4.79 Å². The molecule has 4 heteroatoms. The summed E-state index contributed by atoms with van der Waals surface area (Å²) in [4.78, 5) is 13.8. The van der Waals surface area contributed by atoms with E-state index in [-0.39, 0.29) is 12.1 Å². The maximum absolute atomic E-state index is 11.8. The normalized spacial score (nSPS) is 24.1. The molecule has 2 N–H and O–H groups in total. The third-order valence-electron chi connectivity index (χ3n) is 3.86. The van der Waals surface area contributed by atoms with Crippen LogP contribution in [0.4, 0.5) is 4.79 Å². The van der Waals surface area contributed by atoms with Crippen molar-refractivity contribution in [3.05, 3.63) is 0 Å². The molecule has 0 bridgehead atoms. The minimum Gasteiger partial charge on any atom is -0.336 e. The number of nitrogens with one attached hydrogen (secondary N) is 2. The van der Waals surface area contributed by atoms with E-state index in [0.717, 1.165) is 39.0 Å². The quantitative estimate of drug-likeness (QED) is 0.704. The fourth-order valence-corrected chi connectivity index (χ4v) is 2.74. The number of carbonyl (C=O) groups is 1. The molecule has 2 heterocycles. The molecule has 0 radical (unpaired) electrons. The Hall–Kier alpha value is -0.770. The van der Waals surface area contributed by atoms with Crippen LogP contribution in [0.2, 0.25) is 0 Å². The Bertz CT molecular complexity index is 249. The maximum atomic E-state index is 11.8. The van der Waals surface area contributed by atoms with Gasteiger partial charge in [-0.3, -0.25) is 0 Å². The minimum atomic E-state index is 0.107. The molecule has 2 rings (SSSR count). The third kappa shape index (κ3) is 2.48. The zero-order chi connectivity index (χ0) is 11.6. The molecule has 0 aliphatic carbocycles. The summed E-state index contributed by atoms with van der Waals surface area (Å²) in [5.74, 6) is 0. The van der Waals surface area contributed by atoms with Crippen molar-refractivity contribution >= 4 is 6.03 Å². The lowest BCUT2D eigenvalue weighted by Gasteiger charge is -2.39. The molecule has 4 nitrogen and oxygen atoms in total. The number of piperidine rings is 1. The summed E-state index contributed by atoms with van der Waals surface area (Å²) in [5.41, 5.74) is 0.495. The smallest absolute Gasteiger partial charge is 0.317 e. The fourth-order valence-electron chi connectivity index (χ4n) is 2.74. The van der Waals surface area contributed by atoms with Gasteiger partial charge < -0.3 is 15.5 Å². The van der Waals surface area contributed by atoms with Crippen molar-refractivity contribution in [1.82, 2.24) is 15.5 Å². The molecule has 2 amide bonds. The number of hydrogen-bond donors (Lipinski definition) is 2. The zero-order valence-corrected chi connectivity index (χ0v) is 10.4. The first-order chi connectivity index (χ1) is 7.61. The van der Waals surface area contributed by atoms with Crippen LogP contribution in [-0.2, 0) is 0 Å². The lowest BCUT2D eigenvalue weighted by Crippen LogP contribution is -2.49. The Morgan fingerprint density at radius 1 is 1.31 bits per heavy atom. The van der Waals surface area contributed by atoms with Crippen molar-refractivity contribution in [3.8, 4) is 0 Å². The van der Waals surface area contributed by atoms with Gasteiger partial charge in [-0.25, -0.2) is 4.79 Å². The first-order valence-corrected chi connectivity index (χ1v) is 6.37. The van der Waals surface area contributed by atoms with E-state index in [1.165, 1.54) is 6.42 Å². The van der Waals surface area contributed by atoms with Gasteiger partial charge in [-0.05, 0) is 45.1 Å². The van der Waals surface area contributed by atoms with Crippen molar-refractivity contribution in [3.63, 3.8) is 0 Å². The van der Waals surface area contributed by atoms with Crippen LogP contribution in [0, 0.1) is 5.41 Å². The van der Waals surface area contributed by atoms with Gasteiger partial charge in [0.25, 0.3) is 0 Å². The van der Waals surface area contributed by atoms with Crippen LogP contribution in [0.3, 0.4) is 0 Å². The van der Waals surface area contributed by atoms with E-state index in [1.807, 2.05) is 18.7 Å². The number of nitrogens with zero attached hydrogens (tertiary/aromatic N) is 1. The predicted octanol–water partition coefficient (Wildman–Crippen LogP) is 1.18. The Labute approximate surface area is 97.8 Å². The van der Waals surface area contributed by atoms with E-state index < -0.39 is 0 Å². The lowest BCUT2D eigenvalue weighted by molar-refractivity contribution is 0.128. The SMILES string of the molecule is CC(C)NC(=O)N1CCC2(CCNC2)CC1. The van der Waals surface area contributed by atoms with E-state index in [0.29, 0.717) is 5.41 Å². The average Bonchev–Trinajstić information content (AvgIpc) is 2.66. The standard InChI is InChI=1S/C12H23N3O/c1-10(2)14-11(16)15-7-4-12(5-8-15)3-6-13-9-12/h10,13H,3-9H2,1-2H3,(H,14,16). The molecule has 0 aromatic carbocycles. The Morgan fingerprint density at radius 2 is 2.00 bits per heavy atom. The summed E-state index contributed by atoms with van der Waals surface area (Å²) in [6.45, 7) is 8.14. The summed E-state index contributed by atoms with van der Waals surface area (Å²) in [6.07, 6.45) is 3.60. The summed E-state index contributed by atoms with van der Waals surface area (Å²) in [5, 5.41) is 6.40. The lowest BCUT2D eigenvalue weighted by atomic mass is 9.78. The molecule has 0 saturated carbocycles. The molecule has 1 spiro atoms. The van der Waals surface area contributed by atoms with E-state index in [2.05, 4.69) is 10.6 Å². The van der Waals surface area contributed by atoms with Crippen LogP contribution >= 0.6 is 0 Å². The molecule has 92 valence electrons. The van der Waals surface area contributed by atoms with Gasteiger partial charge in [0.2, 0.25) is 0 Å². The Morgan fingerprint density at radius 3 is 2.50 bits per heavy atom.